The van der Waals surface area contributed by atoms with Gasteiger partial charge in [-0.3, -0.25) is 9.59 Å². The number of anilines is 2. The lowest BCUT2D eigenvalue weighted by atomic mass is 10.0. The van der Waals surface area contributed by atoms with Crippen molar-refractivity contribution < 1.29 is 14.0 Å². The Hall–Kier alpha value is -2.69. The first-order chi connectivity index (χ1) is 11.8. The minimum atomic E-state index is -0.419. The van der Waals surface area contributed by atoms with Crippen molar-refractivity contribution in [3.8, 4) is 0 Å². The molecule has 1 fully saturated rings. The van der Waals surface area contributed by atoms with E-state index in [-0.39, 0.29) is 24.1 Å². The molecule has 1 heterocycles. The van der Waals surface area contributed by atoms with E-state index >= 15 is 0 Å². The van der Waals surface area contributed by atoms with Crippen molar-refractivity contribution in [3.63, 3.8) is 0 Å². The van der Waals surface area contributed by atoms with Gasteiger partial charge in [-0.25, -0.2) is 4.39 Å². The minimum absolute atomic E-state index is 0.121. The van der Waals surface area contributed by atoms with Crippen LogP contribution in [0.3, 0.4) is 0 Å². The molecular formula is C20H21FN2O2. The van der Waals surface area contributed by atoms with E-state index in [1.807, 2.05) is 32.9 Å². The number of nitrogens with zero attached hydrogens (tertiary/aromatic N) is 1. The molecular weight excluding hydrogens is 319 g/mol. The average molecular weight is 340 g/mol. The van der Waals surface area contributed by atoms with E-state index < -0.39 is 5.92 Å². The van der Waals surface area contributed by atoms with Gasteiger partial charge in [0.15, 0.2) is 0 Å². The third-order valence-corrected chi connectivity index (χ3v) is 4.56. The summed E-state index contributed by atoms with van der Waals surface area (Å²) in [6.07, 6.45) is 0.160. The molecule has 1 aliphatic heterocycles. The highest BCUT2D eigenvalue weighted by atomic mass is 19.1. The smallest absolute Gasteiger partial charge is 0.229 e. The topological polar surface area (TPSA) is 49.4 Å². The lowest BCUT2D eigenvalue weighted by molar-refractivity contribution is -0.122. The quantitative estimate of drug-likeness (QED) is 0.925. The van der Waals surface area contributed by atoms with Crippen molar-refractivity contribution in [1.82, 2.24) is 0 Å². The Labute approximate surface area is 146 Å². The van der Waals surface area contributed by atoms with Gasteiger partial charge in [-0.2, -0.15) is 0 Å². The fraction of sp³-hybridized carbons (Fsp3) is 0.300. The van der Waals surface area contributed by atoms with E-state index in [0.717, 1.165) is 22.4 Å². The van der Waals surface area contributed by atoms with Crippen molar-refractivity contribution in [2.75, 3.05) is 16.8 Å². The van der Waals surface area contributed by atoms with Gasteiger partial charge in [-0.1, -0.05) is 17.7 Å². The Morgan fingerprint density at radius 2 is 1.72 bits per heavy atom. The largest absolute Gasteiger partial charge is 0.325 e. The molecule has 0 bridgehead atoms. The molecule has 0 unspecified atom stereocenters. The van der Waals surface area contributed by atoms with E-state index in [1.54, 1.807) is 17.0 Å². The number of benzene rings is 2. The van der Waals surface area contributed by atoms with Crippen LogP contribution in [0.2, 0.25) is 0 Å². The highest BCUT2D eigenvalue weighted by Crippen LogP contribution is 2.28. The van der Waals surface area contributed by atoms with Gasteiger partial charge < -0.3 is 10.2 Å². The third kappa shape index (κ3) is 3.55. The summed E-state index contributed by atoms with van der Waals surface area (Å²) in [6, 6.07) is 9.79. The molecule has 0 aromatic heterocycles. The molecule has 1 saturated heterocycles. The predicted octanol–water partition coefficient (Wildman–Crippen LogP) is 3.74. The summed E-state index contributed by atoms with van der Waals surface area (Å²) in [5.41, 5.74) is 4.58. The van der Waals surface area contributed by atoms with Crippen molar-refractivity contribution in [2.24, 2.45) is 5.92 Å². The van der Waals surface area contributed by atoms with E-state index in [9.17, 15) is 14.0 Å². The van der Waals surface area contributed by atoms with Crippen molar-refractivity contribution >= 4 is 23.2 Å². The summed E-state index contributed by atoms with van der Waals surface area (Å²) in [4.78, 5) is 26.4. The van der Waals surface area contributed by atoms with E-state index in [2.05, 4.69) is 5.32 Å². The van der Waals surface area contributed by atoms with Crippen LogP contribution < -0.4 is 10.2 Å². The number of hydrogen-bond acceptors (Lipinski definition) is 2. The molecule has 0 spiro atoms. The van der Waals surface area contributed by atoms with Crippen LogP contribution in [0.1, 0.15) is 23.1 Å². The highest BCUT2D eigenvalue weighted by molar-refractivity contribution is 6.03. The molecule has 4 nitrogen and oxygen atoms in total. The number of carbonyl (C=O) groups is 2. The fourth-order valence-corrected chi connectivity index (χ4v) is 3.36. The van der Waals surface area contributed by atoms with Gasteiger partial charge in [0, 0.05) is 24.3 Å². The zero-order valence-electron chi connectivity index (χ0n) is 14.6. The standard InChI is InChI=1S/C20H21FN2O2/c1-12-8-13(2)19(14(3)9-12)22-20(25)15-10-18(24)23(11-15)17-6-4-16(21)5-7-17/h4-9,15H,10-11H2,1-3H3,(H,22,25)/t15-/m1/s1. The van der Waals surface area contributed by atoms with Gasteiger partial charge in [0.25, 0.3) is 0 Å². The molecule has 0 radical (unpaired) electrons. The van der Waals surface area contributed by atoms with Gasteiger partial charge in [0.1, 0.15) is 5.82 Å². The summed E-state index contributed by atoms with van der Waals surface area (Å²) in [5.74, 6) is -1.05. The Kier molecular flexibility index (Phi) is 4.57. The van der Waals surface area contributed by atoms with Crippen LogP contribution in [0.5, 0.6) is 0 Å². The maximum atomic E-state index is 13.1. The summed E-state index contributed by atoms with van der Waals surface area (Å²) >= 11 is 0. The molecule has 2 aromatic carbocycles. The Morgan fingerprint density at radius 3 is 2.32 bits per heavy atom. The van der Waals surface area contributed by atoms with E-state index in [1.165, 1.54) is 12.1 Å². The van der Waals surface area contributed by atoms with Gasteiger partial charge in [-0.15, -0.1) is 0 Å². The summed E-state index contributed by atoms with van der Waals surface area (Å²) in [6.45, 7) is 6.24. The number of aryl methyl sites for hydroxylation is 3. The van der Waals surface area contributed by atoms with Crippen LogP contribution >= 0.6 is 0 Å². The van der Waals surface area contributed by atoms with Gasteiger partial charge in [0.05, 0.1) is 5.92 Å². The van der Waals surface area contributed by atoms with Crippen LogP contribution in [0.4, 0.5) is 15.8 Å². The molecule has 0 saturated carbocycles. The van der Waals surface area contributed by atoms with Crippen LogP contribution in [0.15, 0.2) is 36.4 Å². The Balaban J connectivity index is 1.74. The first-order valence-electron chi connectivity index (χ1n) is 8.30. The molecule has 1 aliphatic rings. The summed E-state index contributed by atoms with van der Waals surface area (Å²) in [5, 5.41) is 2.97. The first-order valence-corrected chi connectivity index (χ1v) is 8.30. The maximum Gasteiger partial charge on any atom is 0.229 e. The third-order valence-electron chi connectivity index (χ3n) is 4.56. The van der Waals surface area contributed by atoms with Crippen LogP contribution in [0, 0.1) is 32.5 Å². The molecule has 1 atom stereocenters. The van der Waals surface area contributed by atoms with Crippen LogP contribution in [0.25, 0.3) is 0 Å². The van der Waals surface area contributed by atoms with E-state index in [4.69, 9.17) is 0 Å². The summed E-state index contributed by atoms with van der Waals surface area (Å²) < 4.78 is 13.1. The van der Waals surface area contributed by atoms with Gasteiger partial charge in [0.2, 0.25) is 11.8 Å². The zero-order chi connectivity index (χ0) is 18.1. The number of rotatable bonds is 3. The molecule has 5 heteroatoms. The zero-order valence-corrected chi connectivity index (χ0v) is 14.6. The van der Waals surface area contributed by atoms with Gasteiger partial charge in [-0.05, 0) is 56.2 Å². The monoisotopic (exact) mass is 340 g/mol. The highest BCUT2D eigenvalue weighted by Gasteiger charge is 2.35. The number of nitrogens with one attached hydrogen (secondary N) is 1. The molecule has 25 heavy (non-hydrogen) atoms. The molecule has 1 N–H and O–H groups in total. The van der Waals surface area contributed by atoms with Crippen molar-refractivity contribution in [2.45, 2.75) is 27.2 Å². The molecule has 130 valence electrons. The minimum Gasteiger partial charge on any atom is -0.325 e. The van der Waals surface area contributed by atoms with Crippen LogP contribution in [-0.4, -0.2) is 18.4 Å². The molecule has 2 aromatic rings. The Bertz CT molecular complexity index is 807. The first kappa shape index (κ1) is 17.1. The Morgan fingerprint density at radius 1 is 1.12 bits per heavy atom. The number of carbonyl (C=O) groups excluding carboxylic acids is 2. The normalized spacial score (nSPS) is 17.0. The second kappa shape index (κ2) is 6.67. The second-order valence-electron chi connectivity index (χ2n) is 6.64. The van der Waals surface area contributed by atoms with Gasteiger partial charge >= 0.3 is 0 Å². The molecule has 0 aliphatic carbocycles. The molecule has 2 amide bonds. The summed E-state index contributed by atoms with van der Waals surface area (Å²) in [7, 11) is 0. The number of amides is 2. The molecule has 3 rings (SSSR count). The van der Waals surface area contributed by atoms with E-state index in [0.29, 0.717) is 12.2 Å². The second-order valence-corrected chi connectivity index (χ2v) is 6.64. The van der Waals surface area contributed by atoms with Crippen molar-refractivity contribution in [3.05, 3.63) is 58.9 Å². The average Bonchev–Trinajstić information content (AvgIpc) is 2.93. The lowest BCUT2D eigenvalue weighted by Crippen LogP contribution is -2.28. The maximum absolute atomic E-state index is 13.1. The number of halogens is 1. The predicted molar refractivity (Wildman–Crippen MR) is 96.1 cm³/mol. The van der Waals surface area contributed by atoms with Crippen molar-refractivity contribution in [1.29, 1.82) is 0 Å². The number of hydrogen-bond donors (Lipinski definition) is 1. The lowest BCUT2D eigenvalue weighted by Gasteiger charge is -2.18. The fourth-order valence-electron chi connectivity index (χ4n) is 3.36. The van der Waals surface area contributed by atoms with Crippen LogP contribution in [-0.2, 0) is 9.59 Å². The SMILES string of the molecule is Cc1cc(C)c(NC(=O)[C@@H]2CC(=O)N(c3ccc(F)cc3)C2)c(C)c1.